The smallest absolute Gasteiger partial charge is 0.238 e. The Kier molecular flexibility index (Phi) is 5.38. The minimum Gasteiger partial charge on any atom is -0.437 e. The van der Waals surface area contributed by atoms with Gasteiger partial charge in [0.25, 0.3) is 0 Å². The van der Waals surface area contributed by atoms with Gasteiger partial charge in [-0.1, -0.05) is 18.2 Å². The fourth-order valence-electron chi connectivity index (χ4n) is 2.94. The number of carbonyl (C=O) groups is 1. The molecule has 1 aromatic heterocycles. The molecule has 1 saturated heterocycles. The van der Waals surface area contributed by atoms with Gasteiger partial charge in [0, 0.05) is 25.7 Å². The maximum Gasteiger partial charge on any atom is 0.238 e. The second kappa shape index (κ2) is 7.88. The van der Waals surface area contributed by atoms with Gasteiger partial charge in [-0.3, -0.25) is 14.7 Å². The largest absolute Gasteiger partial charge is 0.437 e. The summed E-state index contributed by atoms with van der Waals surface area (Å²) in [6, 6.07) is 9.56. The molecule has 0 aliphatic carbocycles. The maximum absolute atomic E-state index is 11.6. The molecule has 1 amide bonds. The van der Waals surface area contributed by atoms with Gasteiger partial charge in [0.1, 0.15) is 5.75 Å². The summed E-state index contributed by atoms with van der Waals surface area (Å²) >= 11 is 0. The van der Waals surface area contributed by atoms with Crippen molar-refractivity contribution in [3.05, 3.63) is 48.4 Å². The normalized spacial score (nSPS) is 18.1. The van der Waals surface area contributed by atoms with Gasteiger partial charge >= 0.3 is 0 Å². The number of hydrogen-bond acceptors (Lipinski definition) is 5. The molecular weight excluding hydrogens is 304 g/mol. The van der Waals surface area contributed by atoms with Gasteiger partial charge in [0.05, 0.1) is 18.4 Å². The molecule has 0 spiro atoms. The van der Waals surface area contributed by atoms with Crippen LogP contribution in [0.1, 0.15) is 24.5 Å². The van der Waals surface area contributed by atoms with Crippen molar-refractivity contribution in [3.63, 3.8) is 0 Å². The summed E-state index contributed by atoms with van der Waals surface area (Å²) < 4.78 is 5.77. The molecule has 24 heavy (non-hydrogen) atoms. The van der Waals surface area contributed by atoms with E-state index < -0.39 is 0 Å². The molecule has 1 N–H and O–H groups in total. The number of nitrogens with one attached hydrogen (secondary N) is 1. The van der Waals surface area contributed by atoms with Crippen LogP contribution in [0.15, 0.2) is 42.7 Å². The molecule has 2 aromatic rings. The average molecular weight is 326 g/mol. The van der Waals surface area contributed by atoms with Gasteiger partial charge in [0.2, 0.25) is 11.8 Å². The molecule has 1 aromatic carbocycles. The number of benzene rings is 1. The molecule has 0 unspecified atom stereocenters. The van der Waals surface area contributed by atoms with E-state index in [1.54, 1.807) is 19.4 Å². The third kappa shape index (κ3) is 4.29. The molecule has 3 rings (SSSR count). The van der Waals surface area contributed by atoms with Crippen LogP contribution in [0.3, 0.4) is 0 Å². The highest BCUT2D eigenvalue weighted by Crippen LogP contribution is 2.27. The Labute approximate surface area is 141 Å². The number of likely N-dealkylation sites (N-methyl/N-ethyl adjacent to an activating group) is 1. The fourth-order valence-corrected chi connectivity index (χ4v) is 2.94. The van der Waals surface area contributed by atoms with Crippen LogP contribution >= 0.6 is 0 Å². The van der Waals surface area contributed by atoms with Crippen molar-refractivity contribution in [1.82, 2.24) is 20.2 Å². The first-order valence-corrected chi connectivity index (χ1v) is 8.22. The van der Waals surface area contributed by atoms with Gasteiger partial charge < -0.3 is 10.1 Å². The molecule has 1 aliphatic rings. The fraction of sp³-hybridized carbons (Fsp3) is 0.389. The standard InChI is InChI=1S/C18H22N4O2/c1-19-17(23)13-22-9-5-6-14(12-22)16-10-20-11-18(21-16)24-15-7-3-2-4-8-15/h2-4,7-8,10-11,14H,5-6,9,12-13H2,1H3,(H,19,23)/t14-/m1/s1. The Morgan fingerprint density at radius 2 is 2.17 bits per heavy atom. The van der Waals surface area contributed by atoms with Crippen LogP contribution in [0.4, 0.5) is 0 Å². The van der Waals surface area contributed by atoms with Gasteiger partial charge in [0.15, 0.2) is 0 Å². The van der Waals surface area contributed by atoms with Crippen molar-refractivity contribution >= 4 is 5.91 Å². The predicted octanol–water partition coefficient (Wildman–Crippen LogP) is 2.19. The Balaban J connectivity index is 1.68. The SMILES string of the molecule is CNC(=O)CN1CCC[C@@H](c2cncc(Oc3ccccc3)n2)C1. The molecule has 126 valence electrons. The molecule has 6 heteroatoms. The van der Waals surface area contributed by atoms with E-state index in [4.69, 9.17) is 4.74 Å². The highest BCUT2D eigenvalue weighted by molar-refractivity contribution is 5.77. The molecule has 1 fully saturated rings. The van der Waals surface area contributed by atoms with E-state index in [1.807, 2.05) is 30.3 Å². The van der Waals surface area contributed by atoms with Gasteiger partial charge in [-0.15, -0.1) is 0 Å². The number of para-hydroxylation sites is 1. The van der Waals surface area contributed by atoms with E-state index in [0.29, 0.717) is 12.4 Å². The Morgan fingerprint density at radius 3 is 2.96 bits per heavy atom. The van der Waals surface area contributed by atoms with E-state index in [1.165, 1.54) is 0 Å². The minimum atomic E-state index is 0.0443. The first-order chi connectivity index (χ1) is 11.7. The van der Waals surface area contributed by atoms with E-state index in [2.05, 4.69) is 20.2 Å². The Morgan fingerprint density at radius 1 is 1.33 bits per heavy atom. The lowest BCUT2D eigenvalue weighted by Gasteiger charge is -2.31. The Hall–Kier alpha value is -2.47. The number of aromatic nitrogens is 2. The number of carbonyl (C=O) groups excluding carboxylic acids is 1. The lowest BCUT2D eigenvalue weighted by Crippen LogP contribution is -2.41. The van der Waals surface area contributed by atoms with E-state index in [0.717, 1.165) is 37.4 Å². The zero-order valence-corrected chi connectivity index (χ0v) is 13.8. The van der Waals surface area contributed by atoms with E-state index in [-0.39, 0.29) is 11.8 Å². The number of hydrogen-bond donors (Lipinski definition) is 1. The topological polar surface area (TPSA) is 67.4 Å². The highest BCUT2D eigenvalue weighted by Gasteiger charge is 2.24. The molecule has 1 atom stereocenters. The quantitative estimate of drug-likeness (QED) is 0.912. The third-order valence-corrected chi connectivity index (χ3v) is 4.17. The predicted molar refractivity (Wildman–Crippen MR) is 91.0 cm³/mol. The van der Waals surface area contributed by atoms with Crippen molar-refractivity contribution in [2.24, 2.45) is 0 Å². The monoisotopic (exact) mass is 326 g/mol. The van der Waals surface area contributed by atoms with Crippen LogP contribution in [0, 0.1) is 0 Å². The summed E-state index contributed by atoms with van der Waals surface area (Å²) in [6.07, 6.45) is 5.52. The maximum atomic E-state index is 11.6. The molecule has 6 nitrogen and oxygen atoms in total. The first kappa shape index (κ1) is 16.4. The summed E-state index contributed by atoms with van der Waals surface area (Å²) in [5, 5.41) is 2.67. The van der Waals surface area contributed by atoms with Crippen molar-refractivity contribution < 1.29 is 9.53 Å². The highest BCUT2D eigenvalue weighted by atomic mass is 16.5. The van der Waals surface area contributed by atoms with Crippen molar-refractivity contribution in [2.75, 3.05) is 26.7 Å². The number of nitrogens with zero attached hydrogens (tertiary/aromatic N) is 3. The number of piperidine rings is 1. The van der Waals surface area contributed by atoms with Crippen LogP contribution in [-0.4, -0.2) is 47.5 Å². The molecule has 0 saturated carbocycles. The second-order valence-electron chi connectivity index (χ2n) is 5.94. The number of amides is 1. The number of rotatable bonds is 5. The third-order valence-electron chi connectivity index (χ3n) is 4.17. The zero-order valence-electron chi connectivity index (χ0n) is 13.8. The summed E-state index contributed by atoms with van der Waals surface area (Å²) in [4.78, 5) is 22.6. The average Bonchev–Trinajstić information content (AvgIpc) is 2.63. The summed E-state index contributed by atoms with van der Waals surface area (Å²) in [5.74, 6) is 1.56. The van der Waals surface area contributed by atoms with Crippen molar-refractivity contribution in [1.29, 1.82) is 0 Å². The van der Waals surface area contributed by atoms with E-state index >= 15 is 0 Å². The summed E-state index contributed by atoms with van der Waals surface area (Å²) in [7, 11) is 1.67. The minimum absolute atomic E-state index is 0.0443. The zero-order chi connectivity index (χ0) is 16.8. The van der Waals surface area contributed by atoms with Gasteiger partial charge in [-0.05, 0) is 31.5 Å². The van der Waals surface area contributed by atoms with Gasteiger partial charge in [-0.25, -0.2) is 4.98 Å². The van der Waals surface area contributed by atoms with Crippen LogP contribution in [0.5, 0.6) is 11.6 Å². The Bertz CT molecular complexity index is 678. The molecule has 0 bridgehead atoms. The lowest BCUT2D eigenvalue weighted by atomic mass is 9.95. The van der Waals surface area contributed by atoms with Crippen LogP contribution in [0.25, 0.3) is 0 Å². The van der Waals surface area contributed by atoms with Crippen LogP contribution < -0.4 is 10.1 Å². The molecular formula is C18H22N4O2. The van der Waals surface area contributed by atoms with Crippen LogP contribution in [-0.2, 0) is 4.79 Å². The molecule has 1 aliphatic heterocycles. The first-order valence-electron chi connectivity index (χ1n) is 8.22. The van der Waals surface area contributed by atoms with Crippen LogP contribution in [0.2, 0.25) is 0 Å². The van der Waals surface area contributed by atoms with Gasteiger partial charge in [-0.2, -0.15) is 0 Å². The van der Waals surface area contributed by atoms with E-state index in [9.17, 15) is 4.79 Å². The number of likely N-dealkylation sites (tertiary alicyclic amines) is 1. The number of ether oxygens (including phenoxy) is 1. The second-order valence-corrected chi connectivity index (χ2v) is 5.94. The van der Waals surface area contributed by atoms with Crippen molar-refractivity contribution in [2.45, 2.75) is 18.8 Å². The molecule has 2 heterocycles. The summed E-state index contributed by atoms with van der Waals surface area (Å²) in [5.41, 5.74) is 0.921. The lowest BCUT2D eigenvalue weighted by molar-refractivity contribution is -0.122. The summed E-state index contributed by atoms with van der Waals surface area (Å²) in [6.45, 7) is 2.19. The van der Waals surface area contributed by atoms with Crippen molar-refractivity contribution in [3.8, 4) is 11.6 Å². The molecule has 0 radical (unpaired) electrons.